The average molecular weight is 447 g/mol. The van der Waals surface area contributed by atoms with Crippen LogP contribution in [0.4, 0.5) is 11.4 Å². The molecule has 1 fully saturated rings. The zero-order valence-corrected chi connectivity index (χ0v) is 19.8. The first kappa shape index (κ1) is 22.7. The number of anilines is 2. The number of aromatic nitrogens is 2. The SMILES string of the molecule is Cc1cccc(-c2nc(C(C)C)no2)c1NC(=O)C1CC(=O)N(c2cccc(C(C)C)c2)C1. The summed E-state index contributed by atoms with van der Waals surface area (Å²) in [5.74, 6) is 0.806. The predicted molar refractivity (Wildman–Crippen MR) is 128 cm³/mol. The number of rotatable bonds is 6. The monoisotopic (exact) mass is 446 g/mol. The van der Waals surface area contributed by atoms with Gasteiger partial charge in [0.25, 0.3) is 5.89 Å². The molecule has 3 aromatic rings. The van der Waals surface area contributed by atoms with Gasteiger partial charge in [0.2, 0.25) is 11.8 Å². The van der Waals surface area contributed by atoms with Gasteiger partial charge in [-0.1, -0.05) is 57.1 Å². The number of nitrogens with zero attached hydrogens (tertiary/aromatic N) is 3. The van der Waals surface area contributed by atoms with Gasteiger partial charge in [0.15, 0.2) is 5.82 Å². The summed E-state index contributed by atoms with van der Waals surface area (Å²) in [5, 5.41) is 7.08. The molecule has 1 unspecified atom stereocenters. The molecule has 33 heavy (non-hydrogen) atoms. The molecule has 2 amide bonds. The topological polar surface area (TPSA) is 88.3 Å². The molecule has 4 rings (SSSR count). The molecule has 0 spiro atoms. The lowest BCUT2D eigenvalue weighted by molar-refractivity contribution is -0.122. The molecule has 1 aliphatic rings. The maximum atomic E-state index is 13.2. The Labute approximate surface area is 194 Å². The van der Waals surface area contributed by atoms with Gasteiger partial charge in [0, 0.05) is 24.6 Å². The molecular formula is C26H30N4O3. The number of benzene rings is 2. The van der Waals surface area contributed by atoms with Gasteiger partial charge >= 0.3 is 0 Å². The lowest BCUT2D eigenvalue weighted by Gasteiger charge is -2.19. The minimum atomic E-state index is -0.443. The summed E-state index contributed by atoms with van der Waals surface area (Å²) in [6, 6.07) is 13.6. The number of hydrogen-bond donors (Lipinski definition) is 1. The quantitative estimate of drug-likeness (QED) is 0.556. The Morgan fingerprint density at radius 2 is 1.88 bits per heavy atom. The Bertz CT molecular complexity index is 1180. The largest absolute Gasteiger partial charge is 0.334 e. The van der Waals surface area contributed by atoms with Crippen molar-refractivity contribution in [1.29, 1.82) is 0 Å². The molecule has 2 aromatic carbocycles. The zero-order valence-electron chi connectivity index (χ0n) is 19.8. The molecule has 1 atom stereocenters. The number of nitrogens with one attached hydrogen (secondary N) is 1. The van der Waals surface area contributed by atoms with E-state index in [2.05, 4.69) is 35.4 Å². The second-order valence-corrected chi connectivity index (χ2v) is 9.25. The highest BCUT2D eigenvalue weighted by Crippen LogP contribution is 2.33. The fourth-order valence-electron chi connectivity index (χ4n) is 4.00. The van der Waals surface area contributed by atoms with Crippen LogP contribution in [0.25, 0.3) is 11.5 Å². The highest BCUT2D eigenvalue weighted by Gasteiger charge is 2.35. The van der Waals surface area contributed by atoms with Crippen molar-refractivity contribution in [1.82, 2.24) is 10.1 Å². The van der Waals surface area contributed by atoms with E-state index in [1.165, 1.54) is 0 Å². The number of amides is 2. The Kier molecular flexibility index (Phi) is 6.31. The van der Waals surface area contributed by atoms with E-state index < -0.39 is 5.92 Å². The van der Waals surface area contributed by atoms with Crippen LogP contribution in [-0.2, 0) is 9.59 Å². The molecule has 1 aromatic heterocycles. The van der Waals surface area contributed by atoms with E-state index in [0.717, 1.165) is 16.8 Å². The van der Waals surface area contributed by atoms with Crippen molar-refractivity contribution in [3.8, 4) is 11.5 Å². The molecule has 1 aliphatic heterocycles. The van der Waals surface area contributed by atoms with Gasteiger partial charge in [0.1, 0.15) is 0 Å². The van der Waals surface area contributed by atoms with Gasteiger partial charge in [-0.15, -0.1) is 0 Å². The van der Waals surface area contributed by atoms with Crippen molar-refractivity contribution < 1.29 is 14.1 Å². The minimum absolute atomic E-state index is 0.0421. The van der Waals surface area contributed by atoms with Gasteiger partial charge in [0.05, 0.1) is 17.2 Å². The molecule has 0 radical (unpaired) electrons. The maximum Gasteiger partial charge on any atom is 0.260 e. The number of para-hydroxylation sites is 1. The lowest BCUT2D eigenvalue weighted by atomic mass is 10.0. The third-order valence-electron chi connectivity index (χ3n) is 6.05. The Hall–Kier alpha value is -3.48. The number of aryl methyl sites for hydroxylation is 1. The third kappa shape index (κ3) is 4.67. The molecule has 2 heterocycles. The smallest absolute Gasteiger partial charge is 0.260 e. The summed E-state index contributed by atoms with van der Waals surface area (Å²) in [4.78, 5) is 32.2. The normalized spacial score (nSPS) is 16.2. The van der Waals surface area contributed by atoms with Crippen molar-refractivity contribution in [3.63, 3.8) is 0 Å². The predicted octanol–water partition coefficient (Wildman–Crippen LogP) is 5.28. The van der Waals surface area contributed by atoms with Crippen molar-refractivity contribution in [3.05, 3.63) is 59.4 Å². The first-order valence-electron chi connectivity index (χ1n) is 11.4. The van der Waals surface area contributed by atoms with Crippen molar-refractivity contribution >= 4 is 23.2 Å². The van der Waals surface area contributed by atoms with E-state index in [4.69, 9.17) is 4.52 Å². The fraction of sp³-hybridized carbons (Fsp3) is 0.385. The van der Waals surface area contributed by atoms with Gasteiger partial charge in [-0.2, -0.15) is 4.98 Å². The van der Waals surface area contributed by atoms with Crippen molar-refractivity contribution in [2.75, 3.05) is 16.8 Å². The van der Waals surface area contributed by atoms with Crippen LogP contribution in [0.5, 0.6) is 0 Å². The van der Waals surface area contributed by atoms with Gasteiger partial charge in [-0.25, -0.2) is 0 Å². The number of hydrogen-bond acceptors (Lipinski definition) is 5. The van der Waals surface area contributed by atoms with E-state index in [-0.39, 0.29) is 24.2 Å². The van der Waals surface area contributed by atoms with Crippen molar-refractivity contribution in [2.24, 2.45) is 5.92 Å². The summed E-state index contributed by atoms with van der Waals surface area (Å²) in [5.41, 5.74) is 4.20. The summed E-state index contributed by atoms with van der Waals surface area (Å²) in [7, 11) is 0. The van der Waals surface area contributed by atoms with Crippen LogP contribution in [0.2, 0.25) is 0 Å². The van der Waals surface area contributed by atoms with Gasteiger partial charge in [-0.3, -0.25) is 9.59 Å². The second kappa shape index (κ2) is 9.17. The molecule has 7 heteroatoms. The minimum Gasteiger partial charge on any atom is -0.334 e. The number of carbonyl (C=O) groups is 2. The summed E-state index contributed by atoms with van der Waals surface area (Å²) in [6.07, 6.45) is 0.178. The van der Waals surface area contributed by atoms with Crippen molar-refractivity contribution in [2.45, 2.75) is 52.9 Å². The van der Waals surface area contributed by atoms with Crippen LogP contribution in [0.15, 0.2) is 47.0 Å². The fourth-order valence-corrected chi connectivity index (χ4v) is 4.00. The van der Waals surface area contributed by atoms with Gasteiger partial charge < -0.3 is 14.7 Å². The molecule has 0 bridgehead atoms. The first-order chi connectivity index (χ1) is 15.7. The highest BCUT2D eigenvalue weighted by atomic mass is 16.5. The first-order valence-corrected chi connectivity index (χ1v) is 11.4. The maximum absolute atomic E-state index is 13.2. The van der Waals surface area contributed by atoms with E-state index in [1.54, 1.807) is 4.90 Å². The van der Waals surface area contributed by atoms with Crippen LogP contribution < -0.4 is 10.2 Å². The van der Waals surface area contributed by atoms with E-state index >= 15 is 0 Å². The summed E-state index contributed by atoms with van der Waals surface area (Å²) >= 11 is 0. The molecular weight excluding hydrogens is 416 g/mol. The summed E-state index contributed by atoms with van der Waals surface area (Å²) < 4.78 is 5.46. The molecule has 1 N–H and O–H groups in total. The van der Waals surface area contributed by atoms with Crippen LogP contribution in [0, 0.1) is 12.8 Å². The molecule has 1 saturated heterocycles. The van der Waals surface area contributed by atoms with Crippen LogP contribution in [0.1, 0.15) is 62.9 Å². The Balaban J connectivity index is 1.55. The van der Waals surface area contributed by atoms with E-state index in [0.29, 0.717) is 35.4 Å². The Morgan fingerprint density at radius 1 is 1.12 bits per heavy atom. The number of carbonyl (C=O) groups excluding carboxylic acids is 2. The third-order valence-corrected chi connectivity index (χ3v) is 6.05. The zero-order chi connectivity index (χ0) is 23.7. The molecule has 7 nitrogen and oxygen atoms in total. The average Bonchev–Trinajstić information content (AvgIpc) is 3.42. The second-order valence-electron chi connectivity index (χ2n) is 9.25. The van der Waals surface area contributed by atoms with Crippen LogP contribution in [-0.4, -0.2) is 28.5 Å². The summed E-state index contributed by atoms with van der Waals surface area (Å²) in [6.45, 7) is 10.5. The van der Waals surface area contributed by atoms with Crippen LogP contribution in [0.3, 0.4) is 0 Å². The van der Waals surface area contributed by atoms with Gasteiger partial charge in [-0.05, 0) is 42.2 Å². The lowest BCUT2D eigenvalue weighted by Crippen LogP contribution is -2.28. The standard InChI is InChI=1S/C26H30N4O3/c1-15(2)18-9-7-10-20(12-18)30-14-19(13-22(30)31)25(32)27-23-17(5)8-6-11-21(23)26-28-24(16(3)4)29-33-26/h6-12,15-16,19H,13-14H2,1-5H3,(H,27,32). The van der Waals surface area contributed by atoms with E-state index in [1.807, 2.05) is 57.2 Å². The molecule has 0 saturated carbocycles. The molecule has 0 aliphatic carbocycles. The van der Waals surface area contributed by atoms with Crippen LogP contribution >= 0.6 is 0 Å². The van der Waals surface area contributed by atoms with E-state index in [9.17, 15) is 9.59 Å². The Morgan fingerprint density at radius 3 is 2.58 bits per heavy atom. The molecule has 172 valence electrons. The highest BCUT2D eigenvalue weighted by molar-refractivity contribution is 6.04.